The number of hydrazone groups is 1. The number of nitrogens with one attached hydrogen (secondary N) is 3. The van der Waals surface area contributed by atoms with E-state index in [0.717, 1.165) is 11.1 Å². The van der Waals surface area contributed by atoms with Crippen LogP contribution in [-0.2, 0) is 16.1 Å². The lowest BCUT2D eigenvalue weighted by Crippen LogP contribution is -2.45. The van der Waals surface area contributed by atoms with Gasteiger partial charge < -0.3 is 34.7 Å². The predicted octanol–water partition coefficient (Wildman–Crippen LogP) is 5.09. The second-order valence-corrected chi connectivity index (χ2v) is 10.4. The summed E-state index contributed by atoms with van der Waals surface area (Å²) < 4.78 is 22.3. The zero-order valence-electron chi connectivity index (χ0n) is 24.2. The normalized spacial score (nSPS) is 15.3. The maximum absolute atomic E-state index is 12.4. The van der Waals surface area contributed by atoms with Gasteiger partial charge in [0, 0.05) is 21.3 Å². The van der Waals surface area contributed by atoms with Crippen LogP contribution in [0.5, 0.6) is 17.2 Å². The van der Waals surface area contributed by atoms with Crippen molar-refractivity contribution in [1.29, 1.82) is 0 Å². The number of urea groups is 1. The first-order valence-corrected chi connectivity index (χ1v) is 14.3. The van der Waals surface area contributed by atoms with Gasteiger partial charge in [-0.25, -0.2) is 9.59 Å². The van der Waals surface area contributed by atoms with E-state index in [2.05, 4.69) is 21.2 Å². The molecule has 3 aromatic carbocycles. The third-order valence-electron chi connectivity index (χ3n) is 6.38. The average Bonchev–Trinajstić information content (AvgIpc) is 2.99. The topological polar surface area (TPSA) is 140 Å². The van der Waals surface area contributed by atoms with Crippen molar-refractivity contribution >= 4 is 41.4 Å². The van der Waals surface area contributed by atoms with Gasteiger partial charge in [-0.3, -0.25) is 5.43 Å². The van der Waals surface area contributed by atoms with Crippen LogP contribution < -0.4 is 30.3 Å². The van der Waals surface area contributed by atoms with Crippen molar-refractivity contribution in [2.45, 2.75) is 32.7 Å². The van der Waals surface area contributed by atoms with Gasteiger partial charge in [-0.1, -0.05) is 47.5 Å². The highest BCUT2D eigenvalue weighted by Gasteiger charge is 2.32. The lowest BCUT2D eigenvalue weighted by atomic mass is 9.95. The second-order valence-electron chi connectivity index (χ2n) is 9.51. The smallest absolute Gasteiger partial charge is 0.337 e. The third kappa shape index (κ3) is 8.56. The first-order chi connectivity index (χ1) is 21.2. The van der Waals surface area contributed by atoms with Gasteiger partial charge in [0.05, 0.1) is 31.5 Å². The van der Waals surface area contributed by atoms with E-state index in [9.17, 15) is 14.7 Å². The minimum atomic E-state index is -1.15. The molecule has 2 atom stereocenters. The van der Waals surface area contributed by atoms with Gasteiger partial charge >= 0.3 is 12.0 Å². The molecule has 4 rings (SSSR count). The fourth-order valence-corrected chi connectivity index (χ4v) is 4.77. The van der Waals surface area contributed by atoms with Crippen LogP contribution in [0.4, 0.5) is 4.79 Å². The Balaban J connectivity index is 1.35. The lowest BCUT2D eigenvalue weighted by Gasteiger charge is -2.28. The molecule has 0 saturated heterocycles. The van der Waals surface area contributed by atoms with Crippen molar-refractivity contribution in [3.05, 3.63) is 98.7 Å². The Labute approximate surface area is 264 Å². The number of methoxy groups -OCH3 is 1. The standard InChI is InChI=1S/C31H32Cl2N4O7/c1-4-42-26-13-20(29-28(30(39)41-3)18(2)35-31(40)36-29)9-11-25(26)44-17-27(38)37-34-15-19-6-5-7-23(12-19)43-16-21-8-10-22(32)14-24(21)33/h5-15,27,29,37-38H,4,16-17H2,1-3H3,(H2,35,36,40)/b34-15+/t27-,29+/m0/s1. The zero-order valence-corrected chi connectivity index (χ0v) is 25.7. The van der Waals surface area contributed by atoms with Crippen LogP contribution in [-0.4, -0.2) is 49.9 Å². The van der Waals surface area contributed by atoms with Crippen molar-refractivity contribution < 1.29 is 33.6 Å². The van der Waals surface area contributed by atoms with Gasteiger partial charge in [0.1, 0.15) is 19.0 Å². The Morgan fingerprint density at radius 1 is 1.09 bits per heavy atom. The molecule has 0 spiro atoms. The molecular weight excluding hydrogens is 611 g/mol. The molecule has 232 valence electrons. The summed E-state index contributed by atoms with van der Waals surface area (Å²) in [7, 11) is 1.27. The highest BCUT2D eigenvalue weighted by atomic mass is 35.5. The quantitative estimate of drug-likeness (QED) is 0.0875. The Morgan fingerprint density at radius 3 is 2.66 bits per heavy atom. The number of carbonyl (C=O) groups excluding carboxylic acids is 2. The number of carbonyl (C=O) groups is 2. The molecule has 4 N–H and O–H groups in total. The first-order valence-electron chi connectivity index (χ1n) is 13.6. The molecule has 0 saturated carbocycles. The molecule has 1 aliphatic rings. The maximum Gasteiger partial charge on any atom is 0.337 e. The Bertz CT molecular complexity index is 1560. The summed E-state index contributed by atoms with van der Waals surface area (Å²) in [6, 6.07) is 16.3. The number of benzene rings is 3. The van der Waals surface area contributed by atoms with E-state index in [1.807, 2.05) is 31.2 Å². The fourth-order valence-electron chi connectivity index (χ4n) is 4.30. The highest BCUT2D eigenvalue weighted by Crippen LogP contribution is 2.35. The molecule has 1 heterocycles. The molecule has 0 fully saturated rings. The number of esters is 1. The van der Waals surface area contributed by atoms with Crippen LogP contribution in [0, 0.1) is 0 Å². The molecule has 0 aliphatic carbocycles. The summed E-state index contributed by atoms with van der Waals surface area (Å²) in [5.74, 6) is 0.762. The molecular formula is C31H32Cl2N4O7. The predicted molar refractivity (Wildman–Crippen MR) is 166 cm³/mol. The first kappa shape index (κ1) is 32.5. The van der Waals surface area contributed by atoms with Crippen LogP contribution in [0.3, 0.4) is 0 Å². The summed E-state index contributed by atoms with van der Waals surface area (Å²) in [6.07, 6.45) is 0.389. The lowest BCUT2D eigenvalue weighted by molar-refractivity contribution is -0.136. The molecule has 0 bridgehead atoms. The number of hydrogen-bond donors (Lipinski definition) is 4. The molecule has 44 heavy (non-hydrogen) atoms. The average molecular weight is 644 g/mol. The minimum Gasteiger partial charge on any atom is -0.490 e. The van der Waals surface area contributed by atoms with E-state index >= 15 is 0 Å². The number of amides is 2. The van der Waals surface area contributed by atoms with Crippen molar-refractivity contribution in [2.24, 2.45) is 5.10 Å². The Kier molecular flexibility index (Phi) is 11.3. The molecule has 0 unspecified atom stereocenters. The van der Waals surface area contributed by atoms with Gasteiger partial charge in [-0.2, -0.15) is 5.10 Å². The van der Waals surface area contributed by atoms with Crippen molar-refractivity contribution in [1.82, 2.24) is 16.1 Å². The molecule has 3 aromatic rings. The molecule has 1 aliphatic heterocycles. The van der Waals surface area contributed by atoms with Crippen LogP contribution in [0.1, 0.15) is 36.6 Å². The fraction of sp³-hybridized carbons (Fsp3) is 0.258. The Hall–Kier alpha value is -4.45. The van der Waals surface area contributed by atoms with Crippen LogP contribution in [0.15, 0.2) is 77.0 Å². The number of hydrogen-bond acceptors (Lipinski definition) is 9. The summed E-state index contributed by atoms with van der Waals surface area (Å²) in [6.45, 7) is 3.88. The zero-order chi connectivity index (χ0) is 31.6. The number of allylic oxidation sites excluding steroid dienone is 1. The number of rotatable bonds is 13. The van der Waals surface area contributed by atoms with Crippen LogP contribution >= 0.6 is 23.2 Å². The molecule has 0 aromatic heterocycles. The second kappa shape index (κ2) is 15.3. The summed E-state index contributed by atoms with van der Waals surface area (Å²) in [4.78, 5) is 24.6. The summed E-state index contributed by atoms with van der Waals surface area (Å²) >= 11 is 12.2. The van der Waals surface area contributed by atoms with Gasteiger partial charge in [0.2, 0.25) is 0 Å². The number of ether oxygens (including phenoxy) is 4. The van der Waals surface area contributed by atoms with Crippen LogP contribution in [0.2, 0.25) is 10.0 Å². The molecule has 11 nitrogen and oxygen atoms in total. The van der Waals surface area contributed by atoms with Crippen molar-refractivity contribution in [2.75, 3.05) is 20.3 Å². The summed E-state index contributed by atoms with van der Waals surface area (Å²) in [5.41, 5.74) is 5.40. The van der Waals surface area contributed by atoms with Gasteiger partial charge in [0.15, 0.2) is 17.7 Å². The molecule has 13 heteroatoms. The van der Waals surface area contributed by atoms with E-state index in [4.69, 9.17) is 42.1 Å². The van der Waals surface area contributed by atoms with Crippen molar-refractivity contribution in [3.63, 3.8) is 0 Å². The van der Waals surface area contributed by atoms with E-state index in [0.29, 0.717) is 45.2 Å². The number of aliphatic hydroxyl groups is 1. The van der Waals surface area contributed by atoms with Crippen molar-refractivity contribution in [3.8, 4) is 17.2 Å². The van der Waals surface area contributed by atoms with E-state index in [-0.39, 0.29) is 18.8 Å². The number of nitrogens with zero attached hydrogens (tertiary/aromatic N) is 1. The monoisotopic (exact) mass is 642 g/mol. The minimum absolute atomic E-state index is 0.154. The van der Waals surface area contributed by atoms with Gasteiger partial charge in [0.25, 0.3) is 0 Å². The van der Waals surface area contributed by atoms with E-state index < -0.39 is 24.3 Å². The molecule has 0 radical (unpaired) electrons. The molecule has 2 amide bonds. The Morgan fingerprint density at radius 2 is 1.91 bits per heavy atom. The highest BCUT2D eigenvalue weighted by molar-refractivity contribution is 6.35. The van der Waals surface area contributed by atoms with Crippen LogP contribution in [0.25, 0.3) is 0 Å². The SMILES string of the molecule is CCOc1cc([C@H]2NC(=O)NC(C)=C2C(=O)OC)ccc1OC[C@H](O)N/N=C/c1cccc(OCc2ccc(Cl)cc2Cl)c1. The van der Waals surface area contributed by atoms with Gasteiger partial charge in [-0.15, -0.1) is 0 Å². The third-order valence-corrected chi connectivity index (χ3v) is 6.96. The number of halogens is 2. The van der Waals surface area contributed by atoms with E-state index in [1.165, 1.54) is 13.3 Å². The summed E-state index contributed by atoms with van der Waals surface area (Å²) in [5, 5.41) is 20.9. The maximum atomic E-state index is 12.4. The largest absolute Gasteiger partial charge is 0.490 e. The van der Waals surface area contributed by atoms with Gasteiger partial charge in [-0.05, 0) is 61.4 Å². The van der Waals surface area contributed by atoms with E-state index in [1.54, 1.807) is 43.3 Å². The number of aliphatic hydroxyl groups excluding tert-OH is 1.